The fraction of sp³-hybridized carbons (Fsp3) is 0.200. The van der Waals surface area contributed by atoms with E-state index in [1.165, 1.54) is 0 Å². The van der Waals surface area contributed by atoms with Crippen LogP contribution in [0.3, 0.4) is 0 Å². The van der Waals surface area contributed by atoms with Crippen molar-refractivity contribution in [3.63, 3.8) is 0 Å². The van der Waals surface area contributed by atoms with Gasteiger partial charge in [-0.05, 0) is 55.2 Å². The van der Waals surface area contributed by atoms with Gasteiger partial charge in [-0.2, -0.15) is 0 Å². The third-order valence-corrected chi connectivity index (χ3v) is 3.17. The van der Waals surface area contributed by atoms with Crippen LogP contribution in [-0.2, 0) is 0 Å². The van der Waals surface area contributed by atoms with Gasteiger partial charge in [0.15, 0.2) is 0 Å². The van der Waals surface area contributed by atoms with Crippen LogP contribution in [0.15, 0.2) is 30.3 Å². The standard InChI is InChI=1S/C15H16O2/c1-9-8-10(2)15(17)14(11(9)3)12-4-6-13(16)7-5-12/h4-8,16-17H,1-3H3. The number of benzene rings is 2. The molecular formula is C15H16O2. The highest BCUT2D eigenvalue weighted by Gasteiger charge is 2.12. The van der Waals surface area contributed by atoms with Crippen molar-refractivity contribution < 1.29 is 10.2 Å². The minimum atomic E-state index is 0.232. The van der Waals surface area contributed by atoms with Gasteiger partial charge in [0.2, 0.25) is 0 Å². The lowest BCUT2D eigenvalue weighted by Crippen LogP contribution is -1.91. The quantitative estimate of drug-likeness (QED) is 0.781. The SMILES string of the molecule is Cc1cc(C)c(O)c(-c2ccc(O)cc2)c1C. The summed E-state index contributed by atoms with van der Waals surface area (Å²) in [6, 6.07) is 8.87. The van der Waals surface area contributed by atoms with Crippen LogP contribution in [0.25, 0.3) is 11.1 Å². The molecule has 88 valence electrons. The molecule has 0 radical (unpaired) electrons. The topological polar surface area (TPSA) is 40.5 Å². The Balaban J connectivity index is 2.70. The summed E-state index contributed by atoms with van der Waals surface area (Å²) < 4.78 is 0. The van der Waals surface area contributed by atoms with Crippen LogP contribution in [0.1, 0.15) is 16.7 Å². The molecule has 2 heteroatoms. The summed E-state index contributed by atoms with van der Waals surface area (Å²) in [7, 11) is 0. The number of aromatic hydroxyl groups is 2. The van der Waals surface area contributed by atoms with Gasteiger partial charge in [0.05, 0.1) is 0 Å². The van der Waals surface area contributed by atoms with Crippen LogP contribution in [0.5, 0.6) is 11.5 Å². The summed E-state index contributed by atoms with van der Waals surface area (Å²) in [5.41, 5.74) is 4.87. The first-order valence-electron chi connectivity index (χ1n) is 5.60. The molecule has 2 nitrogen and oxygen atoms in total. The summed E-state index contributed by atoms with van der Waals surface area (Å²) in [6.45, 7) is 5.92. The van der Waals surface area contributed by atoms with E-state index in [0.29, 0.717) is 5.75 Å². The lowest BCUT2D eigenvalue weighted by Gasteiger charge is -2.14. The van der Waals surface area contributed by atoms with Crippen LogP contribution in [-0.4, -0.2) is 10.2 Å². The molecule has 2 aromatic carbocycles. The molecule has 2 N–H and O–H groups in total. The maximum atomic E-state index is 10.2. The second-order valence-electron chi connectivity index (χ2n) is 4.41. The number of phenols is 2. The van der Waals surface area contributed by atoms with E-state index in [9.17, 15) is 10.2 Å². The lowest BCUT2D eigenvalue weighted by atomic mass is 9.93. The average Bonchev–Trinajstić information content (AvgIpc) is 2.29. The van der Waals surface area contributed by atoms with Gasteiger partial charge < -0.3 is 10.2 Å². The molecule has 17 heavy (non-hydrogen) atoms. The Hall–Kier alpha value is -1.96. The Morgan fingerprint density at radius 2 is 1.41 bits per heavy atom. The molecule has 0 saturated heterocycles. The Morgan fingerprint density at radius 1 is 0.824 bits per heavy atom. The lowest BCUT2D eigenvalue weighted by molar-refractivity contribution is 0.471. The Bertz CT molecular complexity index is 528. The van der Waals surface area contributed by atoms with Crippen molar-refractivity contribution >= 4 is 0 Å². The summed E-state index contributed by atoms with van der Waals surface area (Å²) in [5, 5.41) is 19.5. The van der Waals surface area contributed by atoms with Gasteiger partial charge in [0.1, 0.15) is 11.5 Å². The molecule has 0 aliphatic carbocycles. The minimum absolute atomic E-state index is 0.232. The molecule has 0 unspecified atom stereocenters. The molecule has 0 heterocycles. The van der Waals surface area contributed by atoms with Crippen LogP contribution in [0.4, 0.5) is 0 Å². The third-order valence-electron chi connectivity index (χ3n) is 3.17. The van der Waals surface area contributed by atoms with E-state index in [1.807, 2.05) is 39.0 Å². The summed E-state index contributed by atoms with van der Waals surface area (Å²) in [4.78, 5) is 0. The van der Waals surface area contributed by atoms with Gasteiger partial charge >= 0.3 is 0 Å². The van der Waals surface area contributed by atoms with Crippen molar-refractivity contribution in [1.29, 1.82) is 0 Å². The molecule has 0 aliphatic rings. The van der Waals surface area contributed by atoms with Crippen molar-refractivity contribution in [2.75, 3.05) is 0 Å². The van der Waals surface area contributed by atoms with Crippen LogP contribution in [0.2, 0.25) is 0 Å². The van der Waals surface area contributed by atoms with Crippen molar-refractivity contribution in [2.45, 2.75) is 20.8 Å². The van der Waals surface area contributed by atoms with Crippen LogP contribution in [0, 0.1) is 20.8 Å². The molecule has 0 fully saturated rings. The van der Waals surface area contributed by atoms with E-state index >= 15 is 0 Å². The monoisotopic (exact) mass is 228 g/mol. The fourth-order valence-electron chi connectivity index (χ4n) is 2.05. The molecule has 0 saturated carbocycles. The molecule has 2 aromatic rings. The van der Waals surface area contributed by atoms with Crippen molar-refractivity contribution in [3.05, 3.63) is 47.0 Å². The van der Waals surface area contributed by atoms with Crippen molar-refractivity contribution in [3.8, 4) is 22.6 Å². The predicted octanol–water partition coefficient (Wildman–Crippen LogP) is 3.69. The van der Waals surface area contributed by atoms with E-state index in [0.717, 1.165) is 27.8 Å². The third kappa shape index (κ3) is 1.98. The average molecular weight is 228 g/mol. The maximum absolute atomic E-state index is 10.2. The molecule has 0 spiro atoms. The highest BCUT2D eigenvalue weighted by molar-refractivity contribution is 5.76. The van der Waals surface area contributed by atoms with Crippen LogP contribution >= 0.6 is 0 Å². The number of hydrogen-bond donors (Lipinski definition) is 2. The van der Waals surface area contributed by atoms with Crippen molar-refractivity contribution in [1.82, 2.24) is 0 Å². The zero-order valence-electron chi connectivity index (χ0n) is 10.3. The van der Waals surface area contributed by atoms with E-state index in [-0.39, 0.29) is 5.75 Å². The van der Waals surface area contributed by atoms with Gasteiger partial charge in [-0.1, -0.05) is 18.2 Å². The van der Waals surface area contributed by atoms with E-state index < -0.39 is 0 Å². The normalized spacial score (nSPS) is 10.5. The number of hydrogen-bond acceptors (Lipinski definition) is 2. The summed E-state index contributed by atoms with van der Waals surface area (Å²) in [6.07, 6.45) is 0. The van der Waals surface area contributed by atoms with Gasteiger partial charge in [-0.3, -0.25) is 0 Å². The second-order valence-corrected chi connectivity index (χ2v) is 4.41. The van der Waals surface area contributed by atoms with Crippen LogP contribution < -0.4 is 0 Å². The molecule has 2 rings (SSSR count). The minimum Gasteiger partial charge on any atom is -0.508 e. The Labute approximate surface area is 101 Å². The Kier molecular flexibility index (Phi) is 2.80. The molecular weight excluding hydrogens is 212 g/mol. The first-order chi connectivity index (χ1) is 8.00. The number of phenolic OH excluding ortho intramolecular Hbond substituents is 2. The smallest absolute Gasteiger partial charge is 0.126 e. The van der Waals surface area contributed by atoms with Gasteiger partial charge in [0, 0.05) is 5.56 Å². The van der Waals surface area contributed by atoms with Crippen molar-refractivity contribution in [2.24, 2.45) is 0 Å². The zero-order chi connectivity index (χ0) is 12.6. The highest BCUT2D eigenvalue weighted by atomic mass is 16.3. The van der Waals surface area contributed by atoms with E-state index in [1.54, 1.807) is 12.1 Å². The largest absolute Gasteiger partial charge is 0.508 e. The number of rotatable bonds is 1. The van der Waals surface area contributed by atoms with Gasteiger partial charge in [-0.15, -0.1) is 0 Å². The predicted molar refractivity (Wildman–Crippen MR) is 69.4 cm³/mol. The molecule has 0 bridgehead atoms. The highest BCUT2D eigenvalue weighted by Crippen LogP contribution is 2.37. The zero-order valence-corrected chi connectivity index (χ0v) is 10.3. The fourth-order valence-corrected chi connectivity index (χ4v) is 2.05. The second kappa shape index (κ2) is 4.13. The summed E-state index contributed by atoms with van der Waals surface area (Å²) in [5.74, 6) is 0.550. The first-order valence-corrected chi connectivity index (χ1v) is 5.60. The Morgan fingerprint density at radius 3 is 2.00 bits per heavy atom. The summed E-state index contributed by atoms with van der Waals surface area (Å²) >= 11 is 0. The molecule has 0 aliphatic heterocycles. The van der Waals surface area contributed by atoms with Gasteiger partial charge in [-0.25, -0.2) is 0 Å². The van der Waals surface area contributed by atoms with E-state index in [4.69, 9.17) is 0 Å². The first kappa shape index (κ1) is 11.5. The van der Waals surface area contributed by atoms with E-state index in [2.05, 4.69) is 0 Å². The molecule has 0 atom stereocenters. The maximum Gasteiger partial charge on any atom is 0.126 e. The molecule has 0 aromatic heterocycles. The molecule has 0 amide bonds. The number of aryl methyl sites for hydroxylation is 2. The van der Waals surface area contributed by atoms with Gasteiger partial charge in [0.25, 0.3) is 0 Å².